The molecule has 1 aromatic heterocycles. The number of aromatic amines is 1. The Morgan fingerprint density at radius 3 is 2.77 bits per heavy atom. The zero-order valence-corrected chi connectivity index (χ0v) is 19.2. The molecule has 30 heavy (non-hydrogen) atoms. The maximum atomic E-state index is 12.7. The summed E-state index contributed by atoms with van der Waals surface area (Å²) in [5.74, 6) is 0. The van der Waals surface area contributed by atoms with Crippen LogP contribution in [-0.4, -0.2) is 65.3 Å². The number of aryl methyl sites for hydroxylation is 1. The predicted octanol–water partition coefficient (Wildman–Crippen LogP) is 3.03. The van der Waals surface area contributed by atoms with E-state index in [2.05, 4.69) is 46.1 Å². The van der Waals surface area contributed by atoms with E-state index in [0.29, 0.717) is 18.2 Å². The van der Waals surface area contributed by atoms with Crippen molar-refractivity contribution >= 4 is 28.2 Å². The Balaban J connectivity index is 1.75. The van der Waals surface area contributed by atoms with Gasteiger partial charge in [0.05, 0.1) is 12.6 Å². The zero-order valence-electron chi connectivity index (χ0n) is 18.4. The Morgan fingerprint density at radius 2 is 2.07 bits per heavy atom. The van der Waals surface area contributed by atoms with Gasteiger partial charge in [-0.25, -0.2) is 0 Å². The van der Waals surface area contributed by atoms with Gasteiger partial charge in [-0.05, 0) is 68.2 Å². The van der Waals surface area contributed by atoms with Crippen LogP contribution < -0.4 is 10.9 Å². The molecule has 0 saturated carbocycles. The molecule has 0 aliphatic carbocycles. The summed E-state index contributed by atoms with van der Waals surface area (Å²) in [6.07, 6.45) is 2.40. The predicted molar refractivity (Wildman–Crippen MR) is 127 cm³/mol. The molecule has 7 heteroatoms. The monoisotopic (exact) mass is 430 g/mol. The molecule has 1 fully saturated rings. The number of pyridine rings is 1. The van der Waals surface area contributed by atoms with Crippen LogP contribution in [-0.2, 0) is 11.3 Å². The van der Waals surface area contributed by atoms with Gasteiger partial charge in [-0.2, -0.15) is 0 Å². The third-order valence-corrected chi connectivity index (χ3v) is 6.21. The van der Waals surface area contributed by atoms with Crippen LogP contribution in [0.5, 0.6) is 0 Å². The van der Waals surface area contributed by atoms with Gasteiger partial charge in [-0.15, -0.1) is 0 Å². The van der Waals surface area contributed by atoms with Crippen LogP contribution in [0.2, 0.25) is 0 Å². The molecule has 1 aliphatic rings. The molecule has 0 radical (unpaired) electrons. The number of rotatable bonds is 9. The molecule has 2 aromatic rings. The first-order valence-corrected chi connectivity index (χ1v) is 11.4. The lowest BCUT2D eigenvalue weighted by molar-refractivity contribution is 0.113. The third-order valence-electron chi connectivity index (χ3n) is 5.81. The van der Waals surface area contributed by atoms with E-state index in [4.69, 9.17) is 17.0 Å². The summed E-state index contributed by atoms with van der Waals surface area (Å²) in [5, 5.41) is 5.09. The Kier molecular flexibility index (Phi) is 8.24. The number of thiocarbonyl (C=S) groups is 1. The minimum absolute atomic E-state index is 0.0529. The van der Waals surface area contributed by atoms with Gasteiger partial charge >= 0.3 is 0 Å². The summed E-state index contributed by atoms with van der Waals surface area (Å²) in [6, 6.07) is 8.11. The van der Waals surface area contributed by atoms with Crippen molar-refractivity contribution in [3.8, 4) is 0 Å². The smallest absolute Gasteiger partial charge is 0.253 e. The first kappa shape index (κ1) is 22.7. The largest absolute Gasteiger partial charge is 0.376 e. The van der Waals surface area contributed by atoms with Gasteiger partial charge in [-0.3, -0.25) is 4.79 Å². The SMILES string of the molecule is CCN(CC)CCN(Cc1cc2ccc(C)cc2[nH]c1=O)C(=S)NC[C@H]1CCCO1. The highest BCUT2D eigenvalue weighted by Crippen LogP contribution is 2.15. The van der Waals surface area contributed by atoms with E-state index in [1.165, 1.54) is 0 Å². The summed E-state index contributed by atoms with van der Waals surface area (Å²) in [5.41, 5.74) is 2.68. The van der Waals surface area contributed by atoms with Crippen LogP contribution in [0.1, 0.15) is 37.8 Å². The number of H-pyrrole nitrogens is 1. The van der Waals surface area contributed by atoms with Crippen molar-refractivity contribution in [1.82, 2.24) is 20.1 Å². The molecule has 0 amide bonds. The van der Waals surface area contributed by atoms with Crippen molar-refractivity contribution in [2.45, 2.75) is 46.3 Å². The number of benzene rings is 1. The second kappa shape index (κ2) is 10.9. The van der Waals surface area contributed by atoms with Gasteiger partial charge < -0.3 is 24.8 Å². The number of ether oxygens (including phenoxy) is 1. The molecule has 2 heterocycles. The van der Waals surface area contributed by atoms with Crippen LogP contribution in [0.3, 0.4) is 0 Å². The lowest BCUT2D eigenvalue weighted by atomic mass is 10.1. The Bertz CT molecular complexity index is 904. The van der Waals surface area contributed by atoms with Gasteiger partial charge in [0.1, 0.15) is 0 Å². The summed E-state index contributed by atoms with van der Waals surface area (Å²) in [6.45, 7) is 12.0. The fraction of sp³-hybridized carbons (Fsp3) is 0.565. The van der Waals surface area contributed by atoms with Crippen molar-refractivity contribution in [1.29, 1.82) is 0 Å². The fourth-order valence-corrected chi connectivity index (χ4v) is 4.09. The van der Waals surface area contributed by atoms with Crippen LogP contribution in [0.4, 0.5) is 0 Å². The van der Waals surface area contributed by atoms with Gasteiger partial charge in [0.15, 0.2) is 5.11 Å². The number of likely N-dealkylation sites (N-methyl/N-ethyl adjacent to an activating group) is 1. The number of fused-ring (bicyclic) bond motifs is 1. The Labute approximate surface area is 184 Å². The van der Waals surface area contributed by atoms with Crippen molar-refractivity contribution < 1.29 is 4.74 Å². The van der Waals surface area contributed by atoms with Gasteiger partial charge in [0, 0.05) is 37.3 Å². The lowest BCUT2D eigenvalue weighted by Crippen LogP contribution is -2.46. The standard InChI is InChI=1S/C23H34N4O2S/c1-4-26(5-2)10-11-27(23(30)24-15-20-7-6-12-29-20)16-19-14-18-9-8-17(3)13-21(18)25-22(19)28/h8-9,13-14,20H,4-7,10-12,15-16H2,1-3H3,(H,24,30)(H,25,28)/t20-/m1/s1. The first-order chi connectivity index (χ1) is 14.5. The van der Waals surface area contributed by atoms with Crippen molar-refractivity contribution in [2.24, 2.45) is 0 Å². The number of hydrogen-bond acceptors (Lipinski definition) is 4. The quantitative estimate of drug-likeness (QED) is 0.597. The van der Waals surface area contributed by atoms with Crippen molar-refractivity contribution in [3.63, 3.8) is 0 Å². The summed E-state index contributed by atoms with van der Waals surface area (Å²) >= 11 is 5.72. The molecule has 1 aromatic carbocycles. The molecule has 0 bridgehead atoms. The lowest BCUT2D eigenvalue weighted by Gasteiger charge is -2.29. The molecule has 164 valence electrons. The number of nitrogens with one attached hydrogen (secondary N) is 2. The molecule has 1 atom stereocenters. The normalized spacial score (nSPS) is 16.3. The van der Waals surface area contributed by atoms with E-state index in [9.17, 15) is 4.79 Å². The molecular weight excluding hydrogens is 396 g/mol. The van der Waals surface area contributed by atoms with Gasteiger partial charge in [-0.1, -0.05) is 26.0 Å². The minimum Gasteiger partial charge on any atom is -0.376 e. The highest BCUT2D eigenvalue weighted by atomic mass is 32.1. The van der Waals surface area contributed by atoms with E-state index in [1.807, 2.05) is 19.1 Å². The maximum absolute atomic E-state index is 12.7. The minimum atomic E-state index is -0.0529. The Hall–Kier alpha value is -1.96. The molecule has 0 unspecified atom stereocenters. The summed E-state index contributed by atoms with van der Waals surface area (Å²) in [7, 11) is 0. The molecule has 0 spiro atoms. The number of hydrogen-bond donors (Lipinski definition) is 2. The third kappa shape index (κ3) is 6.03. The summed E-state index contributed by atoms with van der Waals surface area (Å²) < 4.78 is 5.71. The van der Waals surface area contributed by atoms with Crippen LogP contribution >= 0.6 is 12.2 Å². The highest BCUT2D eigenvalue weighted by Gasteiger charge is 2.18. The number of aromatic nitrogens is 1. The second-order valence-electron chi connectivity index (χ2n) is 7.98. The highest BCUT2D eigenvalue weighted by molar-refractivity contribution is 7.80. The van der Waals surface area contributed by atoms with Gasteiger partial charge in [0.2, 0.25) is 0 Å². The average Bonchev–Trinajstić information content (AvgIpc) is 3.26. The van der Waals surface area contributed by atoms with E-state index in [1.54, 1.807) is 0 Å². The van der Waals surface area contributed by atoms with E-state index in [-0.39, 0.29) is 11.7 Å². The fourth-order valence-electron chi connectivity index (χ4n) is 3.86. The van der Waals surface area contributed by atoms with Crippen molar-refractivity contribution in [2.75, 3.05) is 39.3 Å². The molecule has 2 N–H and O–H groups in total. The summed E-state index contributed by atoms with van der Waals surface area (Å²) in [4.78, 5) is 20.2. The van der Waals surface area contributed by atoms with E-state index < -0.39 is 0 Å². The van der Waals surface area contributed by atoms with E-state index >= 15 is 0 Å². The molecule has 1 saturated heterocycles. The molecule has 3 rings (SSSR count). The zero-order chi connectivity index (χ0) is 21.5. The second-order valence-corrected chi connectivity index (χ2v) is 8.37. The maximum Gasteiger partial charge on any atom is 0.253 e. The number of nitrogens with zero attached hydrogens (tertiary/aromatic N) is 2. The Morgan fingerprint density at radius 1 is 1.27 bits per heavy atom. The first-order valence-electron chi connectivity index (χ1n) is 11.0. The average molecular weight is 431 g/mol. The molecule has 6 nitrogen and oxygen atoms in total. The van der Waals surface area contributed by atoms with Gasteiger partial charge in [0.25, 0.3) is 5.56 Å². The molecular formula is C23H34N4O2S. The molecule has 1 aliphatic heterocycles. The van der Waals surface area contributed by atoms with Crippen LogP contribution in [0.25, 0.3) is 10.9 Å². The van der Waals surface area contributed by atoms with E-state index in [0.717, 1.165) is 67.7 Å². The topological polar surface area (TPSA) is 60.6 Å². The van der Waals surface area contributed by atoms with Crippen molar-refractivity contribution in [3.05, 3.63) is 45.7 Å². The van der Waals surface area contributed by atoms with Crippen LogP contribution in [0, 0.1) is 6.92 Å². The van der Waals surface area contributed by atoms with Crippen LogP contribution in [0.15, 0.2) is 29.1 Å².